The van der Waals surface area contributed by atoms with Gasteiger partial charge in [-0.2, -0.15) is 0 Å². The fourth-order valence-electron chi connectivity index (χ4n) is 3.39. The second-order valence-electron chi connectivity index (χ2n) is 7.23. The fourth-order valence-corrected chi connectivity index (χ4v) is 3.39. The maximum absolute atomic E-state index is 12.4. The molecule has 0 radical (unpaired) electrons. The van der Waals surface area contributed by atoms with Crippen molar-refractivity contribution in [1.29, 1.82) is 0 Å². The van der Waals surface area contributed by atoms with E-state index in [-0.39, 0.29) is 24.6 Å². The van der Waals surface area contributed by atoms with Gasteiger partial charge in [0.2, 0.25) is 11.7 Å². The van der Waals surface area contributed by atoms with Crippen molar-refractivity contribution >= 4 is 24.0 Å². The Morgan fingerprint density at radius 2 is 1.53 bits per heavy atom. The lowest BCUT2D eigenvalue weighted by atomic mass is 10.1. The highest BCUT2D eigenvalue weighted by molar-refractivity contribution is 5.90. The molecule has 0 saturated heterocycles. The molecule has 9 heteroatoms. The molecule has 1 unspecified atom stereocenters. The zero-order chi connectivity index (χ0) is 24.7. The first-order chi connectivity index (χ1) is 16.4. The molecule has 0 aromatic heterocycles. The molecule has 0 fully saturated rings. The van der Waals surface area contributed by atoms with E-state index in [2.05, 4.69) is 0 Å². The van der Waals surface area contributed by atoms with Crippen molar-refractivity contribution in [2.24, 2.45) is 0 Å². The van der Waals surface area contributed by atoms with Crippen molar-refractivity contribution in [2.45, 2.75) is 12.6 Å². The lowest BCUT2D eigenvalue weighted by molar-refractivity contribution is -0.137. The minimum Gasteiger partial charge on any atom is -0.493 e. The summed E-state index contributed by atoms with van der Waals surface area (Å²) in [6.45, 7) is 0.0366. The highest BCUT2D eigenvalue weighted by atomic mass is 16.6. The van der Waals surface area contributed by atoms with Gasteiger partial charge < -0.3 is 33.7 Å². The van der Waals surface area contributed by atoms with Crippen LogP contribution in [0.15, 0.2) is 42.5 Å². The summed E-state index contributed by atoms with van der Waals surface area (Å²) >= 11 is 0. The SMILES string of the molecule is COc1ccc(C=Cc2cc(OC)c(OC)c(OC)c2)cc1OC(=O)CCN1C(=O)C=CC1O. The number of hydrogen-bond donors (Lipinski definition) is 1. The molecule has 1 amide bonds. The van der Waals surface area contributed by atoms with Crippen LogP contribution in [0.25, 0.3) is 12.2 Å². The van der Waals surface area contributed by atoms with Gasteiger partial charge in [-0.25, -0.2) is 0 Å². The van der Waals surface area contributed by atoms with E-state index in [0.717, 1.165) is 11.1 Å². The molecular weight excluding hydrogens is 442 g/mol. The van der Waals surface area contributed by atoms with Crippen LogP contribution in [0.5, 0.6) is 28.7 Å². The van der Waals surface area contributed by atoms with Crippen molar-refractivity contribution < 1.29 is 38.4 Å². The van der Waals surface area contributed by atoms with E-state index in [0.29, 0.717) is 23.0 Å². The molecule has 0 spiro atoms. The Balaban J connectivity index is 1.74. The normalized spacial score (nSPS) is 15.0. The number of esters is 1. The van der Waals surface area contributed by atoms with Crippen LogP contribution in [-0.2, 0) is 9.59 Å². The van der Waals surface area contributed by atoms with Gasteiger partial charge >= 0.3 is 5.97 Å². The summed E-state index contributed by atoms with van der Waals surface area (Å²) in [5.74, 6) is 1.28. The van der Waals surface area contributed by atoms with Gasteiger partial charge in [0.15, 0.2) is 23.0 Å². The number of rotatable bonds is 10. The van der Waals surface area contributed by atoms with E-state index in [1.807, 2.05) is 30.4 Å². The number of amides is 1. The molecule has 0 aliphatic carbocycles. The molecule has 2 aromatic rings. The predicted molar refractivity (Wildman–Crippen MR) is 125 cm³/mol. The van der Waals surface area contributed by atoms with Crippen molar-refractivity contribution in [1.82, 2.24) is 4.90 Å². The van der Waals surface area contributed by atoms with Gasteiger partial charge in [-0.15, -0.1) is 0 Å². The van der Waals surface area contributed by atoms with Crippen LogP contribution in [0.4, 0.5) is 0 Å². The van der Waals surface area contributed by atoms with E-state index in [1.165, 1.54) is 31.3 Å². The Hall–Kier alpha value is -3.98. The number of methoxy groups -OCH3 is 4. The highest BCUT2D eigenvalue weighted by Gasteiger charge is 2.24. The first-order valence-electron chi connectivity index (χ1n) is 10.4. The van der Waals surface area contributed by atoms with E-state index < -0.39 is 12.2 Å². The first kappa shape index (κ1) is 24.7. The number of hydrogen-bond acceptors (Lipinski definition) is 8. The number of carbonyl (C=O) groups is 2. The second-order valence-corrected chi connectivity index (χ2v) is 7.23. The monoisotopic (exact) mass is 469 g/mol. The lowest BCUT2D eigenvalue weighted by Gasteiger charge is -2.19. The zero-order valence-corrected chi connectivity index (χ0v) is 19.4. The average Bonchev–Trinajstić information content (AvgIpc) is 3.17. The summed E-state index contributed by atoms with van der Waals surface area (Å²) in [5, 5.41) is 9.74. The first-order valence-corrected chi connectivity index (χ1v) is 10.4. The second kappa shape index (κ2) is 11.2. The van der Waals surface area contributed by atoms with E-state index >= 15 is 0 Å². The van der Waals surface area contributed by atoms with Gasteiger partial charge in [0, 0.05) is 12.6 Å². The molecule has 1 atom stereocenters. The highest BCUT2D eigenvalue weighted by Crippen LogP contribution is 2.38. The Morgan fingerprint density at radius 1 is 0.912 bits per heavy atom. The van der Waals surface area contributed by atoms with E-state index in [9.17, 15) is 14.7 Å². The maximum Gasteiger partial charge on any atom is 0.313 e. The predicted octanol–water partition coefficient (Wildman–Crippen LogP) is 2.90. The molecule has 2 aromatic carbocycles. The Morgan fingerprint density at radius 3 is 2.09 bits per heavy atom. The summed E-state index contributed by atoms with van der Waals surface area (Å²) < 4.78 is 26.9. The Kier molecular flexibility index (Phi) is 8.15. The summed E-state index contributed by atoms with van der Waals surface area (Å²) in [7, 11) is 6.11. The molecule has 9 nitrogen and oxygen atoms in total. The third-order valence-corrected chi connectivity index (χ3v) is 5.14. The quantitative estimate of drug-likeness (QED) is 0.322. The smallest absolute Gasteiger partial charge is 0.313 e. The van der Waals surface area contributed by atoms with Crippen LogP contribution in [0.3, 0.4) is 0 Å². The zero-order valence-electron chi connectivity index (χ0n) is 19.4. The Labute approximate surface area is 197 Å². The fraction of sp³-hybridized carbons (Fsp3) is 0.280. The molecule has 1 heterocycles. The van der Waals surface area contributed by atoms with Crippen LogP contribution in [0.1, 0.15) is 17.5 Å². The van der Waals surface area contributed by atoms with Gasteiger partial charge in [0.05, 0.1) is 34.9 Å². The maximum atomic E-state index is 12.4. The molecule has 1 N–H and O–H groups in total. The number of aliphatic hydroxyl groups excluding tert-OH is 1. The average molecular weight is 469 g/mol. The summed E-state index contributed by atoms with van der Waals surface area (Å²) in [6.07, 6.45) is 5.20. The topological polar surface area (TPSA) is 104 Å². The number of aliphatic hydroxyl groups is 1. The van der Waals surface area contributed by atoms with Crippen molar-refractivity contribution in [3.05, 3.63) is 53.6 Å². The van der Waals surface area contributed by atoms with Gasteiger partial charge in [0.1, 0.15) is 6.23 Å². The van der Waals surface area contributed by atoms with Crippen LogP contribution in [-0.4, -0.2) is 63.1 Å². The number of carbonyl (C=O) groups excluding carboxylic acids is 2. The molecule has 1 aliphatic rings. The van der Waals surface area contributed by atoms with Crippen LogP contribution < -0.4 is 23.7 Å². The summed E-state index contributed by atoms with van der Waals surface area (Å²) in [5.41, 5.74) is 1.57. The number of nitrogens with zero attached hydrogens (tertiary/aromatic N) is 1. The standard InChI is InChI=1S/C25H27NO8/c1-30-18-8-7-16(5-6-17-14-20(31-2)25(33-4)21(15-17)32-3)13-19(18)34-24(29)11-12-26-22(27)9-10-23(26)28/h5-10,13-15,22,27H,11-12H2,1-4H3. The largest absolute Gasteiger partial charge is 0.493 e. The van der Waals surface area contributed by atoms with Gasteiger partial charge in [-0.05, 0) is 41.5 Å². The number of ether oxygens (including phenoxy) is 5. The molecule has 0 bridgehead atoms. The Bertz CT molecular complexity index is 1080. The summed E-state index contributed by atoms with van der Waals surface area (Å²) in [6, 6.07) is 8.80. The summed E-state index contributed by atoms with van der Waals surface area (Å²) in [4.78, 5) is 25.2. The van der Waals surface area contributed by atoms with Gasteiger partial charge in [0.25, 0.3) is 0 Å². The number of benzene rings is 2. The van der Waals surface area contributed by atoms with E-state index in [4.69, 9.17) is 23.7 Å². The van der Waals surface area contributed by atoms with E-state index in [1.54, 1.807) is 26.4 Å². The van der Waals surface area contributed by atoms with Crippen molar-refractivity contribution in [2.75, 3.05) is 35.0 Å². The molecule has 0 saturated carbocycles. The van der Waals surface area contributed by atoms with Crippen molar-refractivity contribution in [3.63, 3.8) is 0 Å². The molecular formula is C25H27NO8. The molecule has 34 heavy (non-hydrogen) atoms. The third kappa shape index (κ3) is 5.68. The lowest BCUT2D eigenvalue weighted by Crippen LogP contribution is -2.35. The third-order valence-electron chi connectivity index (χ3n) is 5.14. The van der Waals surface area contributed by atoms with Gasteiger partial charge in [-0.3, -0.25) is 9.59 Å². The van der Waals surface area contributed by atoms with Crippen molar-refractivity contribution in [3.8, 4) is 28.7 Å². The molecule has 3 rings (SSSR count). The molecule has 1 aliphatic heterocycles. The minimum atomic E-state index is -1.03. The van der Waals surface area contributed by atoms with Crippen LogP contribution >= 0.6 is 0 Å². The molecule has 180 valence electrons. The van der Waals surface area contributed by atoms with Gasteiger partial charge in [-0.1, -0.05) is 18.2 Å². The minimum absolute atomic E-state index is 0.0366. The van der Waals surface area contributed by atoms with Crippen LogP contribution in [0, 0.1) is 0 Å². The van der Waals surface area contributed by atoms with Crippen LogP contribution in [0.2, 0.25) is 0 Å².